The molecule has 2 saturated heterocycles. The van der Waals surface area contributed by atoms with Crippen molar-refractivity contribution in [3.63, 3.8) is 0 Å². The van der Waals surface area contributed by atoms with E-state index in [9.17, 15) is 9.90 Å². The van der Waals surface area contributed by atoms with Crippen LogP contribution in [0.2, 0.25) is 0 Å². The Kier molecular flexibility index (Phi) is 4.27. The zero-order valence-corrected chi connectivity index (χ0v) is 14.2. The number of amides is 1. The Labute approximate surface area is 147 Å². The first-order valence-corrected chi connectivity index (χ1v) is 8.77. The first kappa shape index (κ1) is 16.2. The summed E-state index contributed by atoms with van der Waals surface area (Å²) in [4.78, 5) is 21.0. The monoisotopic (exact) mass is 337 g/mol. The summed E-state index contributed by atoms with van der Waals surface area (Å²) >= 11 is 0. The highest BCUT2D eigenvalue weighted by Gasteiger charge is 2.53. The smallest absolute Gasteiger partial charge is 0.255 e. The van der Waals surface area contributed by atoms with Crippen LogP contribution in [0.25, 0.3) is 0 Å². The predicted octanol–water partition coefficient (Wildman–Crippen LogP) is 1.65. The lowest BCUT2D eigenvalue weighted by atomic mass is 9.82. The third kappa shape index (κ3) is 3.05. The molecular weight excluding hydrogens is 314 g/mol. The van der Waals surface area contributed by atoms with Gasteiger partial charge in [-0.25, -0.2) is 0 Å². The maximum absolute atomic E-state index is 12.7. The lowest BCUT2D eigenvalue weighted by Crippen LogP contribution is -2.38. The SMILES string of the molecule is O=C(c1cccnc1)N1C[C@H]2CN(Cc3ccccc3)C[C@@]2(CO)C1. The lowest BCUT2D eigenvalue weighted by Gasteiger charge is -2.27. The van der Waals surface area contributed by atoms with E-state index < -0.39 is 0 Å². The third-order valence-electron chi connectivity index (χ3n) is 5.59. The van der Waals surface area contributed by atoms with Gasteiger partial charge in [0.15, 0.2) is 0 Å². The van der Waals surface area contributed by atoms with E-state index in [4.69, 9.17) is 0 Å². The number of rotatable bonds is 4. The maximum Gasteiger partial charge on any atom is 0.255 e. The molecule has 2 aliphatic rings. The number of benzene rings is 1. The van der Waals surface area contributed by atoms with E-state index in [-0.39, 0.29) is 17.9 Å². The van der Waals surface area contributed by atoms with Crippen molar-refractivity contribution in [2.75, 3.05) is 32.8 Å². The van der Waals surface area contributed by atoms with Crippen molar-refractivity contribution in [1.29, 1.82) is 0 Å². The molecule has 5 heteroatoms. The van der Waals surface area contributed by atoms with Crippen LogP contribution >= 0.6 is 0 Å². The number of nitrogens with zero attached hydrogens (tertiary/aromatic N) is 3. The molecule has 0 radical (unpaired) electrons. The van der Waals surface area contributed by atoms with Gasteiger partial charge in [-0.15, -0.1) is 0 Å². The van der Waals surface area contributed by atoms with Crippen LogP contribution in [0.5, 0.6) is 0 Å². The van der Waals surface area contributed by atoms with Crippen LogP contribution in [0.1, 0.15) is 15.9 Å². The molecule has 0 bridgehead atoms. The molecule has 2 fully saturated rings. The molecule has 0 unspecified atom stereocenters. The second kappa shape index (κ2) is 6.58. The summed E-state index contributed by atoms with van der Waals surface area (Å²) in [5, 5.41) is 10.1. The first-order valence-electron chi connectivity index (χ1n) is 8.77. The molecule has 0 spiro atoms. The summed E-state index contributed by atoms with van der Waals surface area (Å²) in [5.74, 6) is 0.340. The van der Waals surface area contributed by atoms with Crippen LogP contribution in [0.4, 0.5) is 0 Å². The molecule has 130 valence electrons. The van der Waals surface area contributed by atoms with E-state index in [1.165, 1.54) is 5.56 Å². The quantitative estimate of drug-likeness (QED) is 0.922. The molecule has 2 atom stereocenters. The number of aromatic nitrogens is 1. The third-order valence-corrected chi connectivity index (χ3v) is 5.59. The Bertz CT molecular complexity index is 737. The van der Waals surface area contributed by atoms with Gasteiger partial charge in [0.25, 0.3) is 5.91 Å². The van der Waals surface area contributed by atoms with Crippen LogP contribution in [0, 0.1) is 11.3 Å². The van der Waals surface area contributed by atoms with Gasteiger partial charge < -0.3 is 10.0 Å². The molecule has 4 rings (SSSR count). The molecule has 0 aliphatic carbocycles. The molecule has 2 aliphatic heterocycles. The summed E-state index contributed by atoms with van der Waals surface area (Å²) in [6.07, 6.45) is 3.29. The van der Waals surface area contributed by atoms with E-state index in [1.54, 1.807) is 24.5 Å². The van der Waals surface area contributed by atoms with Crippen LogP contribution < -0.4 is 0 Å². The van der Waals surface area contributed by atoms with Gasteiger partial charge >= 0.3 is 0 Å². The highest BCUT2D eigenvalue weighted by Crippen LogP contribution is 2.43. The van der Waals surface area contributed by atoms with Crippen LogP contribution in [0.15, 0.2) is 54.9 Å². The fourth-order valence-corrected chi connectivity index (χ4v) is 4.30. The number of carbonyl (C=O) groups excluding carboxylic acids is 1. The number of aliphatic hydroxyl groups excluding tert-OH is 1. The molecule has 5 nitrogen and oxygen atoms in total. The van der Waals surface area contributed by atoms with E-state index in [1.807, 2.05) is 11.0 Å². The van der Waals surface area contributed by atoms with E-state index in [0.29, 0.717) is 24.6 Å². The van der Waals surface area contributed by atoms with Crippen molar-refractivity contribution < 1.29 is 9.90 Å². The molecule has 0 saturated carbocycles. The standard InChI is InChI=1S/C20H23N3O2/c24-15-20-13-22(10-16-5-2-1-3-6-16)11-18(20)12-23(14-20)19(25)17-7-4-8-21-9-17/h1-9,18,24H,10-15H2/t18-,20+/m1/s1. The Morgan fingerprint density at radius 2 is 2.00 bits per heavy atom. The Hall–Kier alpha value is -2.24. The van der Waals surface area contributed by atoms with Crippen molar-refractivity contribution in [2.45, 2.75) is 6.54 Å². The molecule has 1 aromatic heterocycles. The number of pyridine rings is 1. The summed E-state index contributed by atoms with van der Waals surface area (Å²) in [5.41, 5.74) is 1.71. The normalized spacial score (nSPS) is 26.0. The summed E-state index contributed by atoms with van der Waals surface area (Å²) < 4.78 is 0. The molecule has 1 amide bonds. The van der Waals surface area contributed by atoms with Gasteiger partial charge in [-0.1, -0.05) is 30.3 Å². The second-order valence-electron chi connectivity index (χ2n) is 7.30. The molecule has 1 aromatic carbocycles. The zero-order chi connectivity index (χ0) is 17.3. The van der Waals surface area contributed by atoms with E-state index >= 15 is 0 Å². The lowest BCUT2D eigenvalue weighted by molar-refractivity contribution is 0.0718. The minimum Gasteiger partial charge on any atom is -0.396 e. The largest absolute Gasteiger partial charge is 0.396 e. The highest BCUT2D eigenvalue weighted by molar-refractivity contribution is 5.94. The van der Waals surface area contributed by atoms with Gasteiger partial charge in [0.1, 0.15) is 0 Å². The summed E-state index contributed by atoms with van der Waals surface area (Å²) in [6, 6.07) is 14.0. The van der Waals surface area contributed by atoms with Crippen molar-refractivity contribution in [2.24, 2.45) is 11.3 Å². The van der Waals surface area contributed by atoms with Crippen LogP contribution in [-0.2, 0) is 6.54 Å². The maximum atomic E-state index is 12.7. The van der Waals surface area contributed by atoms with Crippen LogP contribution in [0.3, 0.4) is 0 Å². The van der Waals surface area contributed by atoms with Gasteiger partial charge in [-0.05, 0) is 23.6 Å². The van der Waals surface area contributed by atoms with Crippen molar-refractivity contribution >= 4 is 5.91 Å². The Morgan fingerprint density at radius 1 is 1.16 bits per heavy atom. The van der Waals surface area contributed by atoms with Crippen LogP contribution in [-0.4, -0.2) is 58.6 Å². The minimum atomic E-state index is -0.202. The molecule has 2 aromatic rings. The number of hydrogen-bond acceptors (Lipinski definition) is 4. The average Bonchev–Trinajstić information content (AvgIpc) is 3.17. The Balaban J connectivity index is 1.45. The predicted molar refractivity (Wildman–Crippen MR) is 94.9 cm³/mol. The second-order valence-corrected chi connectivity index (χ2v) is 7.30. The van der Waals surface area contributed by atoms with Gasteiger partial charge in [0.2, 0.25) is 0 Å². The van der Waals surface area contributed by atoms with Gasteiger partial charge in [-0.2, -0.15) is 0 Å². The highest BCUT2D eigenvalue weighted by atomic mass is 16.3. The molecular formula is C20H23N3O2. The number of aliphatic hydroxyl groups is 1. The molecule has 1 N–H and O–H groups in total. The van der Waals surface area contributed by atoms with Gasteiger partial charge in [0.05, 0.1) is 12.2 Å². The molecule has 3 heterocycles. The summed E-state index contributed by atoms with van der Waals surface area (Å²) in [7, 11) is 0. The van der Waals surface area contributed by atoms with E-state index in [2.05, 4.69) is 34.1 Å². The van der Waals surface area contributed by atoms with Crippen molar-refractivity contribution in [3.05, 3.63) is 66.0 Å². The first-order chi connectivity index (χ1) is 12.2. The topological polar surface area (TPSA) is 56.7 Å². The fourth-order valence-electron chi connectivity index (χ4n) is 4.30. The number of likely N-dealkylation sites (tertiary alicyclic amines) is 2. The van der Waals surface area contributed by atoms with Crippen molar-refractivity contribution in [1.82, 2.24) is 14.8 Å². The van der Waals surface area contributed by atoms with E-state index in [0.717, 1.165) is 19.6 Å². The fraction of sp³-hybridized carbons (Fsp3) is 0.400. The number of hydrogen-bond donors (Lipinski definition) is 1. The summed E-state index contributed by atoms with van der Waals surface area (Å²) in [6.45, 7) is 4.11. The molecule has 25 heavy (non-hydrogen) atoms. The minimum absolute atomic E-state index is 0.0185. The Morgan fingerprint density at radius 3 is 2.68 bits per heavy atom. The average molecular weight is 337 g/mol. The number of fused-ring (bicyclic) bond motifs is 1. The van der Waals surface area contributed by atoms with Gasteiger partial charge in [0, 0.05) is 50.5 Å². The van der Waals surface area contributed by atoms with Crippen molar-refractivity contribution in [3.8, 4) is 0 Å². The van der Waals surface area contributed by atoms with Gasteiger partial charge in [-0.3, -0.25) is 14.7 Å². The number of carbonyl (C=O) groups is 1. The zero-order valence-electron chi connectivity index (χ0n) is 14.2.